The van der Waals surface area contributed by atoms with Gasteiger partial charge in [-0.05, 0) is 67.6 Å². The second-order valence-electron chi connectivity index (χ2n) is 16.8. The van der Waals surface area contributed by atoms with Crippen molar-refractivity contribution in [2.75, 3.05) is 13.2 Å². The molecule has 8 bridgehead atoms. The van der Waals surface area contributed by atoms with Crippen molar-refractivity contribution in [1.82, 2.24) is 0 Å². The normalized spacial score (nSPS) is 47.2. The predicted octanol–water partition coefficient (Wildman–Crippen LogP) is 3.46. The van der Waals surface area contributed by atoms with Crippen molar-refractivity contribution in [3.63, 3.8) is 0 Å². The third-order valence-corrected chi connectivity index (χ3v) is 12.1. The molecule has 8 unspecified atom stereocenters. The van der Waals surface area contributed by atoms with Crippen LogP contribution in [-0.4, -0.2) is 80.4 Å². The van der Waals surface area contributed by atoms with Crippen molar-refractivity contribution in [2.24, 2.45) is 28.1 Å². The van der Waals surface area contributed by atoms with E-state index in [2.05, 4.69) is 27.0 Å². The van der Waals surface area contributed by atoms with Crippen LogP contribution in [-0.2, 0) is 38.1 Å². The molecule has 8 saturated carbocycles. The lowest BCUT2D eigenvalue weighted by molar-refractivity contribution is -0.309. The van der Waals surface area contributed by atoms with Gasteiger partial charge in [0.1, 0.15) is 11.2 Å². The van der Waals surface area contributed by atoms with Gasteiger partial charge in [0.25, 0.3) is 0 Å². The molecule has 8 atom stereocenters. The molecule has 0 aromatic carbocycles. The van der Waals surface area contributed by atoms with Crippen LogP contribution in [0.2, 0.25) is 0 Å². The van der Waals surface area contributed by atoms with Crippen molar-refractivity contribution in [2.45, 2.75) is 127 Å². The minimum absolute atomic E-state index is 0.00934. The Morgan fingerprint density at radius 2 is 0.978 bits per heavy atom. The lowest BCUT2D eigenvalue weighted by atomic mass is 9.39. The summed E-state index contributed by atoms with van der Waals surface area (Å²) < 4.78 is 21.0. The zero-order valence-electron chi connectivity index (χ0n) is 27.8. The zero-order valence-corrected chi connectivity index (χ0v) is 27.8. The van der Waals surface area contributed by atoms with E-state index in [-0.39, 0.29) is 28.1 Å². The molecule has 256 valence electrons. The Bertz CT molecular complexity index is 1200. The maximum absolute atomic E-state index is 12.2. The summed E-state index contributed by atoms with van der Waals surface area (Å²) in [4.78, 5) is 46.5. The minimum atomic E-state index is -1.03. The van der Waals surface area contributed by atoms with Crippen molar-refractivity contribution in [1.29, 1.82) is 0 Å². The lowest BCUT2D eigenvalue weighted by Gasteiger charge is -2.69. The maximum Gasteiger partial charge on any atom is 0.344 e. The molecule has 0 amide bonds. The zero-order chi connectivity index (χ0) is 34.2. The molecule has 0 saturated heterocycles. The summed E-state index contributed by atoms with van der Waals surface area (Å²) in [6.45, 7) is 15.9. The SMILES string of the molecule is C=CC(=O)OCC(=O)OC12CC3(C)CC(C)(CC(O)(C3)C1C)C2.C=CC(=O)OCC(=O)OC12CC3(C)CC(O)(CC(O)(C3)C1C)C2. The fraction of sp³-hybridized carbons (Fsp3) is 0.771. The Morgan fingerprint density at radius 1 is 0.609 bits per heavy atom. The van der Waals surface area contributed by atoms with Gasteiger partial charge in [0, 0.05) is 36.8 Å². The molecule has 0 spiro atoms. The van der Waals surface area contributed by atoms with E-state index in [0.717, 1.165) is 44.3 Å². The van der Waals surface area contributed by atoms with E-state index < -0.39 is 65.1 Å². The van der Waals surface area contributed by atoms with Crippen molar-refractivity contribution >= 4 is 23.9 Å². The van der Waals surface area contributed by atoms with Crippen LogP contribution in [0.3, 0.4) is 0 Å². The van der Waals surface area contributed by atoms with Gasteiger partial charge in [-0.25, -0.2) is 19.2 Å². The van der Waals surface area contributed by atoms with Gasteiger partial charge in [0.05, 0.1) is 16.8 Å². The van der Waals surface area contributed by atoms with Crippen molar-refractivity contribution < 1.29 is 53.4 Å². The number of hydrogen-bond donors (Lipinski definition) is 3. The summed E-state index contributed by atoms with van der Waals surface area (Å²) in [5.41, 5.74) is -4.67. The maximum atomic E-state index is 12.2. The molecule has 11 heteroatoms. The molecule has 0 aliphatic heterocycles. The Morgan fingerprint density at radius 3 is 1.37 bits per heavy atom. The molecule has 8 rings (SSSR count). The van der Waals surface area contributed by atoms with Gasteiger partial charge in [0.2, 0.25) is 0 Å². The number of aliphatic hydroxyl groups is 3. The summed E-state index contributed by atoms with van der Waals surface area (Å²) in [6, 6.07) is 0. The van der Waals surface area contributed by atoms with Gasteiger partial charge in [-0.2, -0.15) is 0 Å². The van der Waals surface area contributed by atoms with E-state index in [1.165, 1.54) is 0 Å². The van der Waals surface area contributed by atoms with Crippen LogP contribution in [0.4, 0.5) is 0 Å². The first kappa shape index (κ1) is 34.6. The highest BCUT2D eigenvalue weighted by molar-refractivity contribution is 5.84. The van der Waals surface area contributed by atoms with Crippen LogP contribution in [0.25, 0.3) is 0 Å². The Kier molecular flexibility index (Phi) is 8.18. The smallest absolute Gasteiger partial charge is 0.344 e. The van der Waals surface area contributed by atoms with E-state index in [4.69, 9.17) is 18.9 Å². The monoisotopic (exact) mass is 646 g/mol. The summed E-state index contributed by atoms with van der Waals surface area (Å²) in [5.74, 6) is -2.93. The van der Waals surface area contributed by atoms with Crippen LogP contribution in [0, 0.1) is 28.1 Å². The molecule has 0 heterocycles. The van der Waals surface area contributed by atoms with Crippen LogP contribution < -0.4 is 0 Å². The first-order chi connectivity index (χ1) is 21.1. The highest BCUT2D eigenvalue weighted by Crippen LogP contribution is 2.71. The van der Waals surface area contributed by atoms with E-state index in [0.29, 0.717) is 32.1 Å². The number of ether oxygens (including phenoxy) is 4. The molecule has 0 radical (unpaired) electrons. The average Bonchev–Trinajstić information content (AvgIpc) is 2.89. The van der Waals surface area contributed by atoms with Crippen LogP contribution >= 0.6 is 0 Å². The topological polar surface area (TPSA) is 166 Å². The largest absolute Gasteiger partial charge is 0.456 e. The number of esters is 4. The molecule has 3 N–H and O–H groups in total. The Hall–Kier alpha value is -2.76. The van der Waals surface area contributed by atoms with Crippen LogP contribution in [0.15, 0.2) is 25.3 Å². The second kappa shape index (κ2) is 10.9. The minimum Gasteiger partial charge on any atom is -0.456 e. The number of carbonyl (C=O) groups excluding carboxylic acids is 4. The Balaban J connectivity index is 0.000000181. The first-order valence-corrected chi connectivity index (χ1v) is 16.3. The summed E-state index contributed by atoms with van der Waals surface area (Å²) in [6.07, 6.45) is 8.57. The quantitative estimate of drug-likeness (QED) is 0.201. The van der Waals surface area contributed by atoms with E-state index in [9.17, 15) is 34.5 Å². The van der Waals surface area contributed by atoms with Gasteiger partial charge < -0.3 is 34.3 Å². The number of hydrogen-bond acceptors (Lipinski definition) is 11. The lowest BCUT2D eigenvalue weighted by Crippen LogP contribution is -2.74. The van der Waals surface area contributed by atoms with Crippen LogP contribution in [0.1, 0.15) is 98.8 Å². The second-order valence-corrected chi connectivity index (χ2v) is 16.8. The fourth-order valence-electron chi connectivity index (χ4n) is 11.8. The highest BCUT2D eigenvalue weighted by atomic mass is 16.6. The summed E-state index contributed by atoms with van der Waals surface area (Å²) in [7, 11) is 0. The van der Waals surface area contributed by atoms with Crippen molar-refractivity contribution in [3.05, 3.63) is 25.3 Å². The van der Waals surface area contributed by atoms with Gasteiger partial charge in [-0.15, -0.1) is 0 Å². The first-order valence-electron chi connectivity index (χ1n) is 16.3. The molecule has 46 heavy (non-hydrogen) atoms. The molecule has 8 aliphatic rings. The molecule has 8 aliphatic carbocycles. The molecule has 0 aromatic rings. The molecular formula is C35H50O11. The van der Waals surface area contributed by atoms with E-state index in [1.54, 1.807) is 0 Å². The number of rotatable bonds is 8. The molecular weight excluding hydrogens is 596 g/mol. The standard InChI is InChI=1S/C18H26O5.C17H24O6/c1-5-13(19)22-6-14(20)23-18-10-15(3)7-16(4,11-18)9-17(21,8-15)12(18)2;1-4-12(18)22-5-13(19)23-17-8-14(3)6-15(20,10-17)9-16(21,7-14)11(17)2/h5,12,21H,1,6-11H2,2-4H3;4,11,20-21H,1,5-10H2,2-3H3. The molecule has 11 nitrogen and oxygen atoms in total. The fourth-order valence-corrected chi connectivity index (χ4v) is 11.8. The van der Waals surface area contributed by atoms with Crippen molar-refractivity contribution in [3.8, 4) is 0 Å². The van der Waals surface area contributed by atoms with Gasteiger partial charge >= 0.3 is 23.9 Å². The van der Waals surface area contributed by atoms with Crippen LogP contribution in [0.5, 0.6) is 0 Å². The summed E-state index contributed by atoms with van der Waals surface area (Å²) in [5, 5.41) is 33.0. The number of carbonyl (C=O) groups is 4. The molecule has 0 aromatic heterocycles. The Labute approximate surface area is 270 Å². The average molecular weight is 647 g/mol. The third-order valence-electron chi connectivity index (χ3n) is 12.1. The van der Waals surface area contributed by atoms with Gasteiger partial charge in [-0.3, -0.25) is 0 Å². The molecule has 8 fully saturated rings. The predicted molar refractivity (Wildman–Crippen MR) is 164 cm³/mol. The van der Waals surface area contributed by atoms with E-state index in [1.807, 2.05) is 20.8 Å². The van der Waals surface area contributed by atoms with E-state index >= 15 is 0 Å². The highest BCUT2D eigenvalue weighted by Gasteiger charge is 2.72. The third kappa shape index (κ3) is 6.03. The van der Waals surface area contributed by atoms with Gasteiger partial charge in [0.15, 0.2) is 13.2 Å². The van der Waals surface area contributed by atoms with Gasteiger partial charge in [-0.1, -0.05) is 47.8 Å². The summed E-state index contributed by atoms with van der Waals surface area (Å²) >= 11 is 0.